The summed E-state index contributed by atoms with van der Waals surface area (Å²) in [6.07, 6.45) is 7.03. The molecule has 1 aliphatic rings. The predicted molar refractivity (Wildman–Crippen MR) is 84.4 cm³/mol. The summed E-state index contributed by atoms with van der Waals surface area (Å²) in [5.41, 5.74) is 5.08. The maximum atomic E-state index is 4.58. The van der Waals surface area contributed by atoms with Gasteiger partial charge in [0.15, 0.2) is 0 Å². The first-order chi connectivity index (χ1) is 9.70. The number of halogens is 1. The zero-order valence-electron chi connectivity index (χ0n) is 11.9. The van der Waals surface area contributed by atoms with E-state index in [9.17, 15) is 0 Å². The molecule has 2 heterocycles. The van der Waals surface area contributed by atoms with Crippen LogP contribution < -0.4 is 0 Å². The van der Waals surface area contributed by atoms with Crippen LogP contribution in [0.5, 0.6) is 0 Å². The van der Waals surface area contributed by atoms with E-state index in [0.717, 1.165) is 25.0 Å². The van der Waals surface area contributed by atoms with Crippen LogP contribution >= 0.6 is 15.9 Å². The van der Waals surface area contributed by atoms with Crippen molar-refractivity contribution in [1.29, 1.82) is 0 Å². The molecule has 1 N–H and O–H groups in total. The van der Waals surface area contributed by atoms with Crippen molar-refractivity contribution in [1.82, 2.24) is 15.0 Å². The summed E-state index contributed by atoms with van der Waals surface area (Å²) in [5, 5.41) is 0. The summed E-state index contributed by atoms with van der Waals surface area (Å²) in [4.78, 5) is 12.8. The van der Waals surface area contributed by atoms with Gasteiger partial charge in [-0.15, -0.1) is 0 Å². The first kappa shape index (κ1) is 13.8. The van der Waals surface area contributed by atoms with Crippen molar-refractivity contribution in [2.45, 2.75) is 49.8 Å². The number of aryl methyl sites for hydroxylation is 1. The molecule has 0 aromatic carbocycles. The fourth-order valence-corrected chi connectivity index (χ4v) is 4.18. The van der Waals surface area contributed by atoms with E-state index in [1.807, 2.05) is 12.5 Å². The zero-order valence-corrected chi connectivity index (χ0v) is 13.5. The molecular weight excluding hydrogens is 314 g/mol. The van der Waals surface area contributed by atoms with Crippen LogP contribution in [0.15, 0.2) is 24.7 Å². The van der Waals surface area contributed by atoms with E-state index in [1.54, 1.807) is 0 Å². The Morgan fingerprint density at radius 3 is 3.00 bits per heavy atom. The quantitative estimate of drug-likeness (QED) is 0.859. The Balaban J connectivity index is 2.02. The molecule has 0 saturated carbocycles. The third-order valence-electron chi connectivity index (χ3n) is 4.41. The molecule has 20 heavy (non-hydrogen) atoms. The number of rotatable bonds is 3. The Kier molecular flexibility index (Phi) is 3.92. The van der Waals surface area contributed by atoms with Crippen LogP contribution in [0, 0.1) is 6.92 Å². The summed E-state index contributed by atoms with van der Waals surface area (Å²) in [7, 11) is 0. The summed E-state index contributed by atoms with van der Waals surface area (Å²) < 4.78 is 0. The van der Waals surface area contributed by atoms with Crippen LogP contribution in [0.1, 0.15) is 54.2 Å². The van der Waals surface area contributed by atoms with Gasteiger partial charge in [-0.1, -0.05) is 28.9 Å². The second-order valence-corrected chi connectivity index (χ2v) is 6.89. The number of fused-ring (bicyclic) bond motifs is 1. The normalized spacial score (nSPS) is 23.4. The van der Waals surface area contributed by atoms with Gasteiger partial charge in [0.05, 0.1) is 12.0 Å². The van der Waals surface area contributed by atoms with Crippen molar-refractivity contribution in [2.24, 2.45) is 0 Å². The molecule has 3 unspecified atom stereocenters. The number of pyridine rings is 1. The van der Waals surface area contributed by atoms with Crippen molar-refractivity contribution in [3.8, 4) is 0 Å². The second kappa shape index (κ2) is 5.68. The highest BCUT2D eigenvalue weighted by Gasteiger charge is 2.33. The number of alkyl halides is 1. The molecule has 106 valence electrons. The van der Waals surface area contributed by atoms with Gasteiger partial charge in [-0.3, -0.25) is 4.98 Å². The van der Waals surface area contributed by atoms with Crippen LogP contribution in [-0.2, 0) is 6.42 Å². The fourth-order valence-electron chi connectivity index (χ4n) is 3.47. The van der Waals surface area contributed by atoms with Gasteiger partial charge in [-0.25, -0.2) is 4.98 Å². The standard InChI is InChI=1S/C16H20BrN3/c1-3-12(16-10(2)19-9-20-16)14-7-11(17)8-15-13(14)5-4-6-18-15/h4-6,9,11-12,14H,3,7-8H2,1-2H3,(H,19,20). The molecule has 3 nitrogen and oxygen atoms in total. The first-order valence-electron chi connectivity index (χ1n) is 7.28. The Morgan fingerprint density at radius 2 is 2.30 bits per heavy atom. The lowest BCUT2D eigenvalue weighted by Gasteiger charge is -2.33. The molecule has 3 rings (SSSR count). The van der Waals surface area contributed by atoms with Gasteiger partial charge in [0.25, 0.3) is 0 Å². The minimum absolute atomic E-state index is 0.487. The number of aromatic amines is 1. The van der Waals surface area contributed by atoms with Gasteiger partial charge < -0.3 is 4.98 Å². The summed E-state index contributed by atoms with van der Waals surface area (Å²) in [5.74, 6) is 1.00. The SMILES string of the molecule is CCC(c1[nH]cnc1C)C1CC(Br)Cc2ncccc21. The number of hydrogen-bond acceptors (Lipinski definition) is 2. The molecule has 3 atom stereocenters. The number of imidazole rings is 1. The van der Waals surface area contributed by atoms with Crippen molar-refractivity contribution >= 4 is 15.9 Å². The highest BCUT2D eigenvalue weighted by atomic mass is 79.9. The zero-order chi connectivity index (χ0) is 14.1. The van der Waals surface area contributed by atoms with Crippen LogP contribution in [0.25, 0.3) is 0 Å². The Labute approximate surface area is 128 Å². The lowest BCUT2D eigenvalue weighted by atomic mass is 9.74. The minimum Gasteiger partial charge on any atom is -0.348 e. The highest BCUT2D eigenvalue weighted by Crippen LogP contribution is 2.44. The van der Waals surface area contributed by atoms with E-state index in [1.165, 1.54) is 17.0 Å². The predicted octanol–water partition coefficient (Wildman–Crippen LogP) is 4.10. The fraction of sp³-hybridized carbons (Fsp3) is 0.500. The van der Waals surface area contributed by atoms with Crippen LogP contribution in [0.2, 0.25) is 0 Å². The van der Waals surface area contributed by atoms with E-state index in [-0.39, 0.29) is 0 Å². The molecule has 0 spiro atoms. The van der Waals surface area contributed by atoms with Crippen molar-refractivity contribution < 1.29 is 0 Å². The van der Waals surface area contributed by atoms with Gasteiger partial charge in [-0.2, -0.15) is 0 Å². The first-order valence-corrected chi connectivity index (χ1v) is 8.20. The second-order valence-electron chi connectivity index (χ2n) is 5.60. The smallest absolute Gasteiger partial charge is 0.0925 e. The Hall–Kier alpha value is -1.16. The highest BCUT2D eigenvalue weighted by molar-refractivity contribution is 9.09. The summed E-state index contributed by atoms with van der Waals surface area (Å²) in [6, 6.07) is 4.31. The minimum atomic E-state index is 0.487. The maximum absolute atomic E-state index is 4.58. The maximum Gasteiger partial charge on any atom is 0.0925 e. The van der Waals surface area contributed by atoms with Gasteiger partial charge in [-0.05, 0) is 37.3 Å². The molecule has 1 aliphatic carbocycles. The number of H-pyrrole nitrogens is 1. The Morgan fingerprint density at radius 1 is 1.45 bits per heavy atom. The van der Waals surface area contributed by atoms with Gasteiger partial charge >= 0.3 is 0 Å². The van der Waals surface area contributed by atoms with Crippen molar-refractivity contribution in [2.75, 3.05) is 0 Å². The average molecular weight is 334 g/mol. The third-order valence-corrected chi connectivity index (χ3v) is 5.11. The lowest BCUT2D eigenvalue weighted by Crippen LogP contribution is -2.24. The molecule has 0 aliphatic heterocycles. The van der Waals surface area contributed by atoms with E-state index in [4.69, 9.17) is 0 Å². The molecule has 0 bridgehead atoms. The van der Waals surface area contributed by atoms with Gasteiger partial charge in [0.1, 0.15) is 0 Å². The van der Waals surface area contributed by atoms with Gasteiger partial charge in [0, 0.05) is 34.8 Å². The van der Waals surface area contributed by atoms with Crippen molar-refractivity contribution in [3.05, 3.63) is 47.3 Å². The Bertz CT molecular complexity index is 593. The summed E-state index contributed by atoms with van der Waals surface area (Å²) >= 11 is 3.81. The number of aromatic nitrogens is 3. The van der Waals surface area contributed by atoms with E-state index < -0.39 is 0 Å². The molecule has 0 radical (unpaired) electrons. The molecular formula is C16H20BrN3. The van der Waals surface area contributed by atoms with Gasteiger partial charge in [0.2, 0.25) is 0 Å². The van der Waals surface area contributed by atoms with E-state index >= 15 is 0 Å². The lowest BCUT2D eigenvalue weighted by molar-refractivity contribution is 0.452. The molecule has 2 aromatic heterocycles. The average Bonchev–Trinajstić information content (AvgIpc) is 2.86. The molecule has 0 amide bonds. The monoisotopic (exact) mass is 333 g/mol. The molecule has 0 saturated heterocycles. The molecule has 0 fully saturated rings. The molecule has 2 aromatic rings. The van der Waals surface area contributed by atoms with E-state index in [0.29, 0.717) is 16.7 Å². The van der Waals surface area contributed by atoms with Crippen LogP contribution in [0.4, 0.5) is 0 Å². The number of nitrogens with zero attached hydrogens (tertiary/aromatic N) is 2. The molecule has 4 heteroatoms. The third kappa shape index (κ3) is 2.41. The summed E-state index contributed by atoms with van der Waals surface area (Å²) in [6.45, 7) is 4.35. The van der Waals surface area contributed by atoms with Crippen LogP contribution in [0.3, 0.4) is 0 Å². The topological polar surface area (TPSA) is 41.6 Å². The van der Waals surface area contributed by atoms with Crippen LogP contribution in [-0.4, -0.2) is 19.8 Å². The van der Waals surface area contributed by atoms with Crippen molar-refractivity contribution in [3.63, 3.8) is 0 Å². The largest absolute Gasteiger partial charge is 0.348 e. The number of hydrogen-bond donors (Lipinski definition) is 1. The number of nitrogens with one attached hydrogen (secondary N) is 1. The van der Waals surface area contributed by atoms with E-state index in [2.05, 4.69) is 56.9 Å².